The molecule has 5 nitrogen and oxygen atoms in total. The summed E-state index contributed by atoms with van der Waals surface area (Å²) >= 11 is 0. The van der Waals surface area contributed by atoms with E-state index in [4.69, 9.17) is 14.6 Å². The van der Waals surface area contributed by atoms with Gasteiger partial charge in [-0.2, -0.15) is 0 Å². The number of fused-ring (bicyclic) bond motifs is 2. The number of carbonyl (C=O) groups excluding carboxylic acids is 1. The lowest BCUT2D eigenvalue weighted by Crippen LogP contribution is -2.01. The van der Waals surface area contributed by atoms with Crippen molar-refractivity contribution in [2.75, 3.05) is 13.2 Å². The van der Waals surface area contributed by atoms with Crippen molar-refractivity contribution >= 4 is 33.3 Å². The molecule has 0 aliphatic heterocycles. The molecule has 0 radical (unpaired) electrons. The average Bonchev–Trinajstić information content (AvgIpc) is 2.92. The van der Waals surface area contributed by atoms with E-state index >= 15 is 0 Å². The van der Waals surface area contributed by atoms with Crippen LogP contribution in [-0.2, 0) is 22.4 Å². The summed E-state index contributed by atoms with van der Waals surface area (Å²) in [7, 11) is 0. The molecular formula is C34H40O5. The van der Waals surface area contributed by atoms with Gasteiger partial charge in [-0.3, -0.25) is 9.59 Å². The Labute approximate surface area is 231 Å². The Bertz CT molecular complexity index is 1370. The Morgan fingerprint density at radius 3 is 1.67 bits per heavy atom. The lowest BCUT2D eigenvalue weighted by atomic mass is 10.0. The third-order valence-electron chi connectivity index (χ3n) is 6.45. The van der Waals surface area contributed by atoms with Gasteiger partial charge in [0.25, 0.3) is 0 Å². The molecule has 206 valence electrons. The molecule has 39 heavy (non-hydrogen) atoms. The monoisotopic (exact) mass is 528 g/mol. The molecule has 0 heterocycles. The van der Waals surface area contributed by atoms with Crippen LogP contribution in [0.1, 0.15) is 64.0 Å². The van der Waals surface area contributed by atoms with E-state index < -0.39 is 5.97 Å². The van der Waals surface area contributed by atoms with Gasteiger partial charge in [0, 0.05) is 6.42 Å². The summed E-state index contributed by atoms with van der Waals surface area (Å²) in [5.74, 6) is 1.07. The summed E-state index contributed by atoms with van der Waals surface area (Å²) in [6, 6.07) is 23.8. The quantitative estimate of drug-likeness (QED) is 0.177. The maximum absolute atomic E-state index is 11.4. The number of ketones is 1. The van der Waals surface area contributed by atoms with Crippen LogP contribution in [0.3, 0.4) is 0 Å². The molecule has 0 unspecified atom stereocenters. The highest BCUT2D eigenvalue weighted by molar-refractivity contribution is 5.91. The molecule has 0 saturated heterocycles. The fourth-order valence-electron chi connectivity index (χ4n) is 4.43. The minimum atomic E-state index is -0.815. The summed E-state index contributed by atoms with van der Waals surface area (Å²) in [5, 5.41) is 13.2. The first-order valence-corrected chi connectivity index (χ1v) is 13.9. The van der Waals surface area contributed by atoms with Gasteiger partial charge in [0.05, 0.1) is 19.6 Å². The molecule has 0 fully saturated rings. The maximum Gasteiger partial charge on any atom is 0.307 e. The molecule has 4 aromatic rings. The van der Waals surface area contributed by atoms with Crippen molar-refractivity contribution in [3.63, 3.8) is 0 Å². The Hall–Kier alpha value is -3.86. The molecule has 0 aliphatic rings. The molecule has 4 aromatic carbocycles. The van der Waals surface area contributed by atoms with E-state index in [0.717, 1.165) is 70.0 Å². The van der Waals surface area contributed by atoms with E-state index in [1.54, 1.807) is 6.92 Å². The second-order valence-electron chi connectivity index (χ2n) is 9.81. The highest BCUT2D eigenvalue weighted by Gasteiger charge is 2.07. The van der Waals surface area contributed by atoms with Gasteiger partial charge in [-0.05, 0) is 76.7 Å². The molecule has 4 rings (SSSR count). The van der Waals surface area contributed by atoms with Crippen LogP contribution in [0.2, 0.25) is 0 Å². The van der Waals surface area contributed by atoms with Gasteiger partial charge in [0.1, 0.15) is 17.3 Å². The van der Waals surface area contributed by atoms with Crippen LogP contribution in [0.5, 0.6) is 11.5 Å². The third kappa shape index (κ3) is 9.43. The predicted molar refractivity (Wildman–Crippen MR) is 159 cm³/mol. The van der Waals surface area contributed by atoms with E-state index in [1.807, 2.05) is 54.6 Å². The summed E-state index contributed by atoms with van der Waals surface area (Å²) in [6.45, 7) is 7.39. The van der Waals surface area contributed by atoms with E-state index in [9.17, 15) is 9.59 Å². The lowest BCUT2D eigenvalue weighted by Gasteiger charge is -2.09. The zero-order valence-corrected chi connectivity index (χ0v) is 23.4. The summed E-state index contributed by atoms with van der Waals surface area (Å²) in [4.78, 5) is 22.2. The van der Waals surface area contributed by atoms with E-state index in [2.05, 4.69) is 32.0 Å². The van der Waals surface area contributed by atoms with Crippen molar-refractivity contribution in [3.8, 4) is 11.5 Å². The smallest absolute Gasteiger partial charge is 0.307 e. The van der Waals surface area contributed by atoms with Gasteiger partial charge >= 0.3 is 5.97 Å². The summed E-state index contributed by atoms with van der Waals surface area (Å²) < 4.78 is 11.5. The maximum atomic E-state index is 11.4. The fraction of sp³-hybridized carbons (Fsp3) is 0.353. The Balaban J connectivity index is 0.000000216. The van der Waals surface area contributed by atoms with Crippen LogP contribution in [0.15, 0.2) is 72.8 Å². The molecule has 0 aliphatic carbocycles. The van der Waals surface area contributed by atoms with Crippen LogP contribution in [0.4, 0.5) is 0 Å². The number of aliphatic carboxylic acids is 1. The van der Waals surface area contributed by atoms with Gasteiger partial charge in [-0.1, -0.05) is 81.6 Å². The number of unbranched alkanes of at least 4 members (excludes halogenated alkanes) is 3. The van der Waals surface area contributed by atoms with Crippen LogP contribution < -0.4 is 9.47 Å². The van der Waals surface area contributed by atoms with Gasteiger partial charge in [0.2, 0.25) is 0 Å². The van der Waals surface area contributed by atoms with Crippen LogP contribution >= 0.6 is 0 Å². The molecule has 0 amide bonds. The number of benzene rings is 4. The Morgan fingerprint density at radius 2 is 1.18 bits per heavy atom. The second kappa shape index (κ2) is 15.5. The van der Waals surface area contributed by atoms with Gasteiger partial charge in [-0.25, -0.2) is 0 Å². The van der Waals surface area contributed by atoms with Crippen molar-refractivity contribution < 1.29 is 24.2 Å². The van der Waals surface area contributed by atoms with E-state index in [1.165, 1.54) is 12.8 Å². The van der Waals surface area contributed by atoms with E-state index in [-0.39, 0.29) is 12.2 Å². The number of carboxylic acids is 1. The Morgan fingerprint density at radius 1 is 0.667 bits per heavy atom. The van der Waals surface area contributed by atoms with Crippen LogP contribution in [0, 0.1) is 0 Å². The van der Waals surface area contributed by atoms with Crippen molar-refractivity contribution in [2.45, 2.75) is 65.7 Å². The summed E-state index contributed by atoms with van der Waals surface area (Å²) in [6.07, 6.45) is 6.12. The number of hydrogen-bond donors (Lipinski definition) is 1. The number of Topliss-reactive ketones (excluding diaryl/α,β-unsaturated/α-hetero) is 1. The van der Waals surface area contributed by atoms with Gasteiger partial charge in [-0.15, -0.1) is 0 Å². The highest BCUT2D eigenvalue weighted by atomic mass is 16.5. The molecule has 0 saturated carbocycles. The van der Waals surface area contributed by atoms with Crippen molar-refractivity contribution in [3.05, 3.63) is 83.9 Å². The first kappa shape index (κ1) is 29.7. The van der Waals surface area contributed by atoms with Crippen LogP contribution in [0.25, 0.3) is 21.5 Å². The van der Waals surface area contributed by atoms with E-state index in [0.29, 0.717) is 13.0 Å². The molecule has 0 aromatic heterocycles. The molecule has 0 bridgehead atoms. The third-order valence-corrected chi connectivity index (χ3v) is 6.45. The minimum absolute atomic E-state index is 0.0375. The molecule has 0 atom stereocenters. The standard InChI is InChI=1S/C18H22O2.C16H18O3/c1-3-4-5-11-20-17-10-9-15-7-6-8-16(12-14(2)19)18(15)13-17;1-2-3-9-19-14-8-7-12-5-4-6-13(10-16(17)18)15(12)11-14/h6-10,13H,3-5,11-12H2,1-2H3;4-8,11H,2-3,9-10H2,1H3,(H,17,18). The number of hydrogen-bond acceptors (Lipinski definition) is 4. The molecule has 0 spiro atoms. The predicted octanol–water partition coefficient (Wildman–Crippen LogP) is 8.19. The highest BCUT2D eigenvalue weighted by Crippen LogP contribution is 2.26. The number of carbonyl (C=O) groups is 2. The minimum Gasteiger partial charge on any atom is -0.494 e. The fourth-order valence-corrected chi connectivity index (χ4v) is 4.43. The lowest BCUT2D eigenvalue weighted by molar-refractivity contribution is -0.136. The number of rotatable bonds is 13. The van der Waals surface area contributed by atoms with Crippen molar-refractivity contribution in [1.29, 1.82) is 0 Å². The van der Waals surface area contributed by atoms with Gasteiger partial charge < -0.3 is 14.6 Å². The zero-order chi connectivity index (χ0) is 28.0. The van der Waals surface area contributed by atoms with Gasteiger partial charge in [0.15, 0.2) is 0 Å². The zero-order valence-electron chi connectivity index (χ0n) is 23.4. The average molecular weight is 529 g/mol. The number of ether oxygens (including phenoxy) is 2. The summed E-state index contributed by atoms with van der Waals surface area (Å²) in [5.41, 5.74) is 1.90. The Kier molecular flexibility index (Phi) is 11.8. The van der Waals surface area contributed by atoms with Crippen molar-refractivity contribution in [2.24, 2.45) is 0 Å². The van der Waals surface area contributed by atoms with Crippen LogP contribution in [-0.4, -0.2) is 30.1 Å². The number of carboxylic acid groups (broad SMARTS) is 1. The second-order valence-corrected chi connectivity index (χ2v) is 9.81. The normalized spacial score (nSPS) is 10.6. The largest absolute Gasteiger partial charge is 0.494 e. The molecular weight excluding hydrogens is 488 g/mol. The SMILES string of the molecule is CCCCCOc1ccc2cccc(CC(C)=O)c2c1.CCCCOc1ccc2cccc(CC(=O)O)c2c1. The molecule has 1 N–H and O–H groups in total. The first-order chi connectivity index (χ1) is 18.9. The van der Waals surface area contributed by atoms with Crippen molar-refractivity contribution in [1.82, 2.24) is 0 Å². The molecule has 5 heteroatoms. The topological polar surface area (TPSA) is 72.8 Å². The first-order valence-electron chi connectivity index (χ1n) is 13.9.